The monoisotopic (exact) mass is 520 g/mol. The Kier molecular flexibility index (Phi) is 7.75. The van der Waals surface area contributed by atoms with Gasteiger partial charge in [-0.05, 0) is 65.4 Å². The molecule has 3 aliphatic carbocycles. The van der Waals surface area contributed by atoms with Gasteiger partial charge >= 0.3 is 0 Å². The summed E-state index contributed by atoms with van der Waals surface area (Å²) in [5.74, 6) is -0.970. The van der Waals surface area contributed by atoms with Gasteiger partial charge in [0.2, 0.25) is 0 Å². The van der Waals surface area contributed by atoms with Crippen molar-refractivity contribution >= 4 is 17.8 Å². The summed E-state index contributed by atoms with van der Waals surface area (Å²) >= 11 is 0. The minimum atomic E-state index is -2.96. The largest absolute Gasteiger partial charge is 0.501 e. The number of nitrogens with one attached hydrogen (secondary N) is 2. The number of hydrogen-bond donors (Lipinski definition) is 2. The van der Waals surface area contributed by atoms with Crippen LogP contribution in [0, 0.1) is 12.7 Å². The lowest BCUT2D eigenvalue weighted by Crippen LogP contribution is -2.57. The number of nitrogens with zero attached hydrogens (tertiary/aromatic N) is 2. The van der Waals surface area contributed by atoms with E-state index in [9.17, 15) is 22.4 Å². The summed E-state index contributed by atoms with van der Waals surface area (Å²) in [5, 5.41) is 6.16. The Morgan fingerprint density at radius 2 is 1.78 bits per heavy atom. The number of halogens is 4. The molecule has 2 N–H and O–H groups in total. The van der Waals surface area contributed by atoms with Crippen molar-refractivity contribution in [2.45, 2.75) is 83.0 Å². The average Bonchev–Trinajstić information content (AvgIpc) is 2.85. The number of benzene rings is 1. The van der Waals surface area contributed by atoms with Crippen LogP contribution in [0.15, 0.2) is 24.5 Å². The summed E-state index contributed by atoms with van der Waals surface area (Å²) in [4.78, 5) is 22.5. The molecule has 10 heteroatoms. The number of amides is 1. The number of carbonyl (C=O) groups excluding carboxylic acids is 1. The molecule has 3 aliphatic rings. The average molecular weight is 521 g/mol. The maximum atomic E-state index is 14.9. The van der Waals surface area contributed by atoms with E-state index in [0.29, 0.717) is 51.0 Å². The fourth-order valence-corrected chi connectivity index (χ4v) is 5.24. The molecule has 1 aromatic heterocycles. The lowest BCUT2D eigenvalue weighted by atomic mass is 9.64. The van der Waals surface area contributed by atoms with E-state index in [1.54, 1.807) is 19.9 Å². The number of fused-ring (bicyclic) bond motifs is 3. The number of alkyl halides is 3. The fourth-order valence-electron chi connectivity index (χ4n) is 5.24. The Morgan fingerprint density at radius 1 is 1.14 bits per heavy atom. The number of rotatable bonds is 9. The minimum absolute atomic E-state index is 0.0178. The van der Waals surface area contributed by atoms with E-state index in [4.69, 9.17) is 4.74 Å². The Labute approximate surface area is 213 Å². The van der Waals surface area contributed by atoms with Crippen molar-refractivity contribution in [1.29, 1.82) is 0 Å². The minimum Gasteiger partial charge on any atom is -0.501 e. The maximum Gasteiger partial charge on any atom is 0.266 e. The van der Waals surface area contributed by atoms with Gasteiger partial charge in [-0.15, -0.1) is 0 Å². The molecule has 2 bridgehead atoms. The predicted octanol–water partition coefficient (Wildman–Crippen LogP) is 6.59. The quantitative estimate of drug-likeness (QED) is 0.288. The molecule has 0 spiro atoms. The van der Waals surface area contributed by atoms with Gasteiger partial charge in [-0.2, -0.15) is 0 Å². The third-order valence-electron chi connectivity index (χ3n) is 7.41. The second-order valence-corrected chi connectivity index (χ2v) is 9.94. The molecule has 1 aromatic carbocycles. The zero-order valence-corrected chi connectivity index (χ0v) is 21.2. The first-order valence-corrected chi connectivity index (χ1v) is 12.6. The summed E-state index contributed by atoms with van der Waals surface area (Å²) in [6, 6.07) is 3.02. The van der Waals surface area contributed by atoms with Gasteiger partial charge in [0, 0.05) is 11.1 Å². The zero-order valence-electron chi connectivity index (χ0n) is 21.2. The summed E-state index contributed by atoms with van der Waals surface area (Å²) < 4.78 is 61.4. The summed E-state index contributed by atoms with van der Waals surface area (Å²) in [7, 11) is 0. The van der Waals surface area contributed by atoms with Gasteiger partial charge in [-0.1, -0.05) is 18.2 Å². The molecule has 1 unspecified atom stereocenters. The van der Waals surface area contributed by atoms with E-state index < -0.39 is 41.0 Å². The molecule has 0 radical (unpaired) electrons. The van der Waals surface area contributed by atoms with Crippen molar-refractivity contribution in [1.82, 2.24) is 15.3 Å². The van der Waals surface area contributed by atoms with E-state index in [2.05, 4.69) is 20.6 Å². The predicted molar refractivity (Wildman–Crippen MR) is 133 cm³/mol. The van der Waals surface area contributed by atoms with Gasteiger partial charge in [-0.3, -0.25) is 4.79 Å². The Morgan fingerprint density at radius 3 is 2.41 bits per heavy atom. The van der Waals surface area contributed by atoms with Crippen LogP contribution in [0.4, 0.5) is 23.4 Å². The maximum absolute atomic E-state index is 14.9. The first-order chi connectivity index (χ1) is 17.6. The molecule has 3 fully saturated rings. The molecule has 1 heterocycles. The molecule has 200 valence electrons. The van der Waals surface area contributed by atoms with Crippen LogP contribution in [-0.2, 0) is 4.74 Å². The van der Waals surface area contributed by atoms with Gasteiger partial charge < -0.3 is 15.4 Å². The Hall–Kier alpha value is -3.17. The van der Waals surface area contributed by atoms with Crippen LogP contribution >= 0.6 is 0 Å². The number of carbonyl (C=O) groups is 1. The standard InChI is InChI=1S/C27H32F4N4O2/c1-4-37-15-8-20-21(25(36)35-27-12-9-26(31,10-13-27)11-14-27)24(34-17(3)33-20)32-16(2)18-6-5-7-19(22(18)28)23(29)30/h5-8,15-16,23H,4,9-14H2,1-3H3,(H,35,36)(H,32,33,34). The van der Waals surface area contributed by atoms with Crippen molar-refractivity contribution in [3.8, 4) is 0 Å². The first-order valence-electron chi connectivity index (χ1n) is 12.6. The van der Waals surface area contributed by atoms with Gasteiger partial charge in [0.25, 0.3) is 12.3 Å². The molecule has 1 atom stereocenters. The van der Waals surface area contributed by atoms with E-state index >= 15 is 0 Å². The molecule has 37 heavy (non-hydrogen) atoms. The summed E-state index contributed by atoms with van der Waals surface area (Å²) in [5.41, 5.74) is -1.93. The van der Waals surface area contributed by atoms with Crippen molar-refractivity contribution in [2.24, 2.45) is 0 Å². The van der Waals surface area contributed by atoms with E-state index in [-0.39, 0.29) is 22.6 Å². The van der Waals surface area contributed by atoms with Crippen molar-refractivity contribution < 1.29 is 27.1 Å². The Balaban J connectivity index is 1.69. The van der Waals surface area contributed by atoms with Gasteiger partial charge in [0.15, 0.2) is 0 Å². The normalized spacial score (nSPS) is 23.9. The second-order valence-electron chi connectivity index (χ2n) is 9.94. The molecule has 5 rings (SSSR count). The highest BCUT2D eigenvalue weighted by Gasteiger charge is 2.50. The van der Waals surface area contributed by atoms with Crippen molar-refractivity contribution in [3.05, 3.63) is 58.5 Å². The topological polar surface area (TPSA) is 76.1 Å². The lowest BCUT2D eigenvalue weighted by molar-refractivity contribution is -0.00651. The molecule has 1 amide bonds. The highest BCUT2D eigenvalue weighted by atomic mass is 19.3. The molecular weight excluding hydrogens is 488 g/mol. The smallest absolute Gasteiger partial charge is 0.266 e. The van der Waals surface area contributed by atoms with Gasteiger partial charge in [-0.25, -0.2) is 27.5 Å². The molecule has 0 aliphatic heterocycles. The third kappa shape index (κ3) is 5.72. The summed E-state index contributed by atoms with van der Waals surface area (Å²) in [6.07, 6.45) is 2.83. The number of anilines is 1. The molecular formula is C27H32F4N4O2. The summed E-state index contributed by atoms with van der Waals surface area (Å²) in [6.45, 7) is 5.48. The highest BCUT2D eigenvalue weighted by Crippen LogP contribution is 2.49. The number of aryl methyl sites for hydroxylation is 1. The van der Waals surface area contributed by atoms with E-state index in [1.165, 1.54) is 18.4 Å². The highest BCUT2D eigenvalue weighted by molar-refractivity contribution is 6.02. The molecule has 3 saturated carbocycles. The fraction of sp³-hybridized carbons (Fsp3) is 0.519. The molecule has 2 aromatic rings. The van der Waals surface area contributed by atoms with Crippen LogP contribution in [0.3, 0.4) is 0 Å². The van der Waals surface area contributed by atoms with Crippen LogP contribution in [0.1, 0.15) is 97.8 Å². The SMILES string of the molecule is CCOC=Cc1nc(C)nc(NC(C)c2cccc(C(F)F)c2F)c1C(=O)NC12CCC(F)(CC1)CC2. The van der Waals surface area contributed by atoms with Crippen LogP contribution in [0.2, 0.25) is 0 Å². The van der Waals surface area contributed by atoms with Crippen LogP contribution in [0.5, 0.6) is 0 Å². The van der Waals surface area contributed by atoms with Gasteiger partial charge in [0.1, 0.15) is 28.7 Å². The molecule has 6 nitrogen and oxygen atoms in total. The number of aromatic nitrogens is 2. The van der Waals surface area contributed by atoms with Crippen LogP contribution in [0.25, 0.3) is 6.08 Å². The third-order valence-corrected chi connectivity index (χ3v) is 7.41. The molecule has 0 saturated heterocycles. The van der Waals surface area contributed by atoms with Crippen LogP contribution in [-0.4, -0.2) is 33.7 Å². The van der Waals surface area contributed by atoms with Crippen molar-refractivity contribution in [2.75, 3.05) is 11.9 Å². The second kappa shape index (κ2) is 10.7. The zero-order chi connectivity index (χ0) is 26.8. The lowest BCUT2D eigenvalue weighted by Gasteiger charge is -2.50. The van der Waals surface area contributed by atoms with E-state index in [0.717, 1.165) is 6.07 Å². The number of ether oxygens (including phenoxy) is 1. The van der Waals surface area contributed by atoms with Gasteiger partial charge in [0.05, 0.1) is 30.2 Å². The number of hydrogen-bond acceptors (Lipinski definition) is 5. The Bertz CT molecular complexity index is 1160. The van der Waals surface area contributed by atoms with Crippen LogP contribution < -0.4 is 10.6 Å². The van der Waals surface area contributed by atoms with E-state index in [1.807, 2.05) is 6.92 Å². The van der Waals surface area contributed by atoms with Crippen molar-refractivity contribution in [3.63, 3.8) is 0 Å². The first kappa shape index (κ1) is 26.9.